The van der Waals surface area contributed by atoms with Crippen molar-refractivity contribution in [2.24, 2.45) is 7.05 Å². The molecule has 0 spiro atoms. The molecule has 10 heteroatoms. The maximum absolute atomic E-state index is 12.4. The summed E-state index contributed by atoms with van der Waals surface area (Å²) >= 11 is 0. The average Bonchev–Trinajstić information content (AvgIpc) is 3.14. The summed E-state index contributed by atoms with van der Waals surface area (Å²) in [6, 6.07) is 12.2. The topological polar surface area (TPSA) is 87.7 Å². The summed E-state index contributed by atoms with van der Waals surface area (Å²) in [6.45, 7) is -3.23. The molecule has 0 N–H and O–H groups in total. The van der Waals surface area contributed by atoms with Crippen molar-refractivity contribution in [2.75, 3.05) is 0 Å². The molecule has 8 nitrogen and oxygen atoms in total. The lowest BCUT2D eigenvalue weighted by molar-refractivity contribution is -0.0499. The Kier molecular flexibility index (Phi) is 4.67. The molecule has 0 saturated carbocycles. The molecular formula is C19H14F2N4O4. The van der Waals surface area contributed by atoms with Crippen LogP contribution in [0.15, 0.2) is 53.3 Å². The lowest BCUT2D eigenvalue weighted by Gasteiger charge is -2.09. The van der Waals surface area contributed by atoms with Crippen LogP contribution in [-0.2, 0) is 18.4 Å². The number of para-hydroxylation sites is 1. The van der Waals surface area contributed by atoms with E-state index >= 15 is 0 Å². The van der Waals surface area contributed by atoms with Crippen LogP contribution in [-0.4, -0.2) is 31.7 Å². The monoisotopic (exact) mass is 400 g/mol. The maximum atomic E-state index is 12.4. The summed E-state index contributed by atoms with van der Waals surface area (Å²) in [7, 11) is 1.57. The minimum absolute atomic E-state index is 0.0502. The molecule has 0 aliphatic rings. The second kappa shape index (κ2) is 7.30. The lowest BCUT2D eigenvalue weighted by atomic mass is 10.2. The van der Waals surface area contributed by atoms with E-state index in [1.54, 1.807) is 35.7 Å². The average molecular weight is 400 g/mol. The number of nitrogens with zero attached hydrogens (tertiary/aromatic N) is 4. The van der Waals surface area contributed by atoms with E-state index in [2.05, 4.69) is 14.9 Å². The Morgan fingerprint density at radius 2 is 1.93 bits per heavy atom. The van der Waals surface area contributed by atoms with Crippen LogP contribution in [0.4, 0.5) is 8.78 Å². The fourth-order valence-corrected chi connectivity index (χ4v) is 3.00. The highest BCUT2D eigenvalue weighted by Gasteiger charge is 2.17. The van der Waals surface area contributed by atoms with Crippen molar-refractivity contribution in [2.45, 2.75) is 13.2 Å². The highest BCUT2D eigenvalue weighted by Crippen LogP contribution is 2.18. The third-order valence-corrected chi connectivity index (χ3v) is 4.32. The first kappa shape index (κ1) is 18.5. The maximum Gasteiger partial charge on any atom is 0.387 e. The van der Waals surface area contributed by atoms with E-state index in [1.165, 1.54) is 22.8 Å². The number of alkyl halides is 2. The van der Waals surface area contributed by atoms with Gasteiger partial charge in [0.1, 0.15) is 5.75 Å². The first-order valence-electron chi connectivity index (χ1n) is 8.49. The van der Waals surface area contributed by atoms with Gasteiger partial charge in [-0.15, -0.1) is 10.2 Å². The van der Waals surface area contributed by atoms with Crippen molar-refractivity contribution in [3.8, 4) is 5.75 Å². The van der Waals surface area contributed by atoms with Crippen LogP contribution in [0.3, 0.4) is 0 Å². The predicted octanol–water partition coefficient (Wildman–Crippen LogP) is 2.54. The molecule has 0 aliphatic carbocycles. The summed E-state index contributed by atoms with van der Waals surface area (Å²) in [5, 5.41) is 8.49. The van der Waals surface area contributed by atoms with Crippen LogP contribution >= 0.6 is 0 Å². The Morgan fingerprint density at radius 3 is 2.72 bits per heavy atom. The number of ether oxygens (including phenoxy) is 2. The van der Waals surface area contributed by atoms with E-state index in [0.29, 0.717) is 22.5 Å². The lowest BCUT2D eigenvalue weighted by Crippen LogP contribution is -2.20. The van der Waals surface area contributed by atoms with Crippen molar-refractivity contribution in [3.63, 3.8) is 0 Å². The Balaban J connectivity index is 1.64. The highest BCUT2D eigenvalue weighted by atomic mass is 19.3. The van der Waals surface area contributed by atoms with E-state index in [4.69, 9.17) is 4.74 Å². The Morgan fingerprint density at radius 1 is 1.14 bits per heavy atom. The van der Waals surface area contributed by atoms with Crippen molar-refractivity contribution in [1.29, 1.82) is 0 Å². The number of aryl methyl sites for hydroxylation is 1. The zero-order chi connectivity index (χ0) is 20.5. The minimum Gasteiger partial charge on any atom is -0.454 e. The summed E-state index contributed by atoms with van der Waals surface area (Å²) in [6.07, 6.45) is 0. The van der Waals surface area contributed by atoms with E-state index in [-0.39, 0.29) is 23.5 Å². The Hall–Kier alpha value is -3.82. The van der Waals surface area contributed by atoms with Gasteiger partial charge in [0.15, 0.2) is 12.4 Å². The van der Waals surface area contributed by atoms with Crippen LogP contribution in [0.25, 0.3) is 16.7 Å². The number of hydrogen-bond acceptors (Lipinski definition) is 6. The molecule has 4 aromatic rings. The van der Waals surface area contributed by atoms with Gasteiger partial charge in [-0.1, -0.05) is 18.2 Å². The fourth-order valence-electron chi connectivity index (χ4n) is 3.00. The normalized spacial score (nSPS) is 11.3. The fraction of sp³-hybridized carbons (Fsp3) is 0.158. The molecule has 148 valence electrons. The van der Waals surface area contributed by atoms with Crippen LogP contribution in [0.5, 0.6) is 5.75 Å². The quantitative estimate of drug-likeness (QED) is 0.479. The molecule has 0 bridgehead atoms. The number of aromatic nitrogens is 4. The van der Waals surface area contributed by atoms with Gasteiger partial charge in [0, 0.05) is 7.05 Å². The molecule has 4 rings (SSSR count). The second-order valence-electron chi connectivity index (χ2n) is 6.12. The number of carbonyl (C=O) groups excluding carboxylic acids is 1. The number of halogens is 2. The molecule has 0 radical (unpaired) electrons. The molecule has 0 atom stereocenters. The SMILES string of the molecule is Cn1c(=O)c2ccccc2n2c(COC(=O)c3cccc(OC(F)F)c3)nnc12. The van der Waals surface area contributed by atoms with E-state index in [1.807, 2.05) is 0 Å². The van der Waals surface area contributed by atoms with Gasteiger partial charge < -0.3 is 9.47 Å². The zero-order valence-corrected chi connectivity index (χ0v) is 15.1. The van der Waals surface area contributed by atoms with Gasteiger partial charge in [-0.05, 0) is 30.3 Å². The van der Waals surface area contributed by atoms with Gasteiger partial charge in [0.25, 0.3) is 5.56 Å². The summed E-state index contributed by atoms with van der Waals surface area (Å²) in [4.78, 5) is 24.8. The molecule has 0 saturated heterocycles. The van der Waals surface area contributed by atoms with Gasteiger partial charge in [0.05, 0.1) is 16.5 Å². The molecule has 0 unspecified atom stereocenters. The Bertz CT molecular complexity index is 1280. The molecule has 2 heterocycles. The number of fused-ring (bicyclic) bond motifs is 3. The zero-order valence-electron chi connectivity index (χ0n) is 15.1. The van der Waals surface area contributed by atoms with E-state index < -0.39 is 12.6 Å². The second-order valence-corrected chi connectivity index (χ2v) is 6.12. The van der Waals surface area contributed by atoms with Crippen molar-refractivity contribution >= 4 is 22.6 Å². The van der Waals surface area contributed by atoms with Crippen LogP contribution < -0.4 is 10.3 Å². The van der Waals surface area contributed by atoms with Gasteiger partial charge in [-0.25, -0.2) is 4.79 Å². The van der Waals surface area contributed by atoms with Crippen LogP contribution in [0.2, 0.25) is 0 Å². The van der Waals surface area contributed by atoms with E-state index in [0.717, 1.165) is 6.07 Å². The molecule has 2 aromatic heterocycles. The Labute approximate surface area is 161 Å². The number of benzene rings is 2. The summed E-state index contributed by atoms with van der Waals surface area (Å²) in [5.74, 6) is -0.286. The minimum atomic E-state index is -3.00. The molecular weight excluding hydrogens is 386 g/mol. The first-order chi connectivity index (χ1) is 14.0. The van der Waals surface area contributed by atoms with Crippen molar-refractivity contribution in [1.82, 2.24) is 19.2 Å². The summed E-state index contributed by atoms with van der Waals surface area (Å²) < 4.78 is 37.2. The third kappa shape index (κ3) is 3.40. The highest BCUT2D eigenvalue weighted by molar-refractivity contribution is 5.89. The number of hydrogen-bond donors (Lipinski definition) is 0. The molecule has 0 fully saturated rings. The van der Waals surface area contributed by atoms with Crippen LogP contribution in [0, 0.1) is 0 Å². The number of carbonyl (C=O) groups is 1. The van der Waals surface area contributed by atoms with E-state index in [9.17, 15) is 18.4 Å². The smallest absolute Gasteiger partial charge is 0.387 e. The van der Waals surface area contributed by atoms with Gasteiger partial charge >= 0.3 is 12.6 Å². The number of rotatable bonds is 5. The van der Waals surface area contributed by atoms with Crippen LogP contribution in [0.1, 0.15) is 16.2 Å². The van der Waals surface area contributed by atoms with Gasteiger partial charge in [-0.2, -0.15) is 8.78 Å². The van der Waals surface area contributed by atoms with Gasteiger partial charge in [0.2, 0.25) is 5.78 Å². The van der Waals surface area contributed by atoms with Gasteiger partial charge in [-0.3, -0.25) is 13.8 Å². The number of esters is 1. The van der Waals surface area contributed by atoms with Crippen molar-refractivity contribution < 1.29 is 23.0 Å². The predicted molar refractivity (Wildman–Crippen MR) is 97.9 cm³/mol. The molecule has 29 heavy (non-hydrogen) atoms. The first-order valence-corrected chi connectivity index (χ1v) is 8.49. The largest absolute Gasteiger partial charge is 0.454 e. The van der Waals surface area contributed by atoms with Crippen molar-refractivity contribution in [3.05, 3.63) is 70.3 Å². The third-order valence-electron chi connectivity index (χ3n) is 4.32. The molecule has 0 aliphatic heterocycles. The molecule has 2 aromatic carbocycles. The molecule has 0 amide bonds. The standard InChI is InChI=1S/C19H14F2N4O4/c1-24-16(26)13-7-2-3-8-14(13)25-15(22-23-19(24)25)10-28-17(27)11-5-4-6-12(9-11)29-18(20)21/h2-9,18H,10H2,1H3. The summed E-state index contributed by atoms with van der Waals surface area (Å²) in [5.41, 5.74) is 0.406.